The van der Waals surface area contributed by atoms with Crippen molar-refractivity contribution >= 4 is 44.7 Å². The highest BCUT2D eigenvalue weighted by Gasteiger charge is 2.24. The first kappa shape index (κ1) is 15.9. The largest absolute Gasteiger partial charge is 0.288 e. The second-order valence-electron chi connectivity index (χ2n) is 4.77. The minimum atomic E-state index is -3.95. The number of benzene rings is 2. The number of nitrogens with zero attached hydrogens (tertiary/aromatic N) is 1. The molecule has 7 heteroatoms. The Morgan fingerprint density at radius 1 is 0.870 bits per heavy atom. The molecule has 0 N–H and O–H groups in total. The van der Waals surface area contributed by atoms with E-state index in [-0.39, 0.29) is 21.4 Å². The molecule has 116 valence electrons. The van der Waals surface area contributed by atoms with Gasteiger partial charge in [-0.1, -0.05) is 47.5 Å². The van der Waals surface area contributed by atoms with Crippen LogP contribution in [0.5, 0.6) is 0 Å². The van der Waals surface area contributed by atoms with E-state index in [0.717, 1.165) is 0 Å². The first-order chi connectivity index (χ1) is 10.9. The number of halogens is 2. The Morgan fingerprint density at radius 3 is 2.13 bits per heavy atom. The van der Waals surface area contributed by atoms with Gasteiger partial charge in [0.2, 0.25) is 5.78 Å². The molecular formula is C16H9Cl2NO3S. The summed E-state index contributed by atoms with van der Waals surface area (Å²) in [7, 11) is -3.95. The first-order valence-electron chi connectivity index (χ1n) is 6.50. The fraction of sp³-hybridized carbons (Fsp3) is 0. The molecule has 0 fully saturated rings. The van der Waals surface area contributed by atoms with Gasteiger partial charge < -0.3 is 0 Å². The molecule has 2 aromatic rings. The summed E-state index contributed by atoms with van der Waals surface area (Å²) in [5.74, 6) is -0.356. The van der Waals surface area contributed by atoms with Gasteiger partial charge >= 0.3 is 0 Å². The Kier molecular flexibility index (Phi) is 4.10. The first-order valence-corrected chi connectivity index (χ1v) is 8.70. The zero-order chi connectivity index (χ0) is 16.6. The minimum absolute atomic E-state index is 0.00769. The zero-order valence-corrected chi connectivity index (χ0v) is 13.9. The van der Waals surface area contributed by atoms with Gasteiger partial charge in [-0.15, -0.1) is 0 Å². The molecule has 1 aliphatic rings. The summed E-state index contributed by atoms with van der Waals surface area (Å²) in [4.78, 5) is 12.0. The molecule has 0 saturated heterocycles. The normalized spacial score (nSPS) is 16.2. The molecule has 0 spiro atoms. The quantitative estimate of drug-likeness (QED) is 0.811. The maximum atomic E-state index is 12.4. The number of allylic oxidation sites excluding steroid dienone is 2. The van der Waals surface area contributed by atoms with Gasteiger partial charge in [-0.3, -0.25) is 4.79 Å². The van der Waals surface area contributed by atoms with Crippen LogP contribution in [0.1, 0.15) is 15.9 Å². The van der Waals surface area contributed by atoms with Gasteiger partial charge in [0.25, 0.3) is 10.0 Å². The zero-order valence-electron chi connectivity index (χ0n) is 11.5. The molecule has 0 amide bonds. The minimum Gasteiger partial charge on any atom is -0.288 e. The number of hydrogen-bond acceptors (Lipinski definition) is 3. The van der Waals surface area contributed by atoms with E-state index in [2.05, 4.69) is 4.40 Å². The lowest BCUT2D eigenvalue weighted by Gasteiger charge is -2.14. The Hall–Kier alpha value is -1.95. The van der Waals surface area contributed by atoms with E-state index in [0.29, 0.717) is 16.1 Å². The van der Waals surface area contributed by atoms with Crippen LogP contribution in [0.4, 0.5) is 0 Å². The Labute approximate surface area is 143 Å². The Morgan fingerprint density at radius 2 is 1.48 bits per heavy atom. The molecule has 0 aliphatic heterocycles. The van der Waals surface area contributed by atoms with Crippen molar-refractivity contribution in [3.05, 3.63) is 75.8 Å². The van der Waals surface area contributed by atoms with Crippen LogP contribution in [0.2, 0.25) is 5.02 Å². The van der Waals surface area contributed by atoms with E-state index in [1.165, 1.54) is 30.3 Å². The van der Waals surface area contributed by atoms with Gasteiger partial charge in [0.05, 0.1) is 15.6 Å². The third kappa shape index (κ3) is 3.08. The summed E-state index contributed by atoms with van der Waals surface area (Å²) in [6, 6.07) is 12.3. The maximum Gasteiger partial charge on any atom is 0.282 e. The number of carbonyl (C=O) groups is 1. The topological polar surface area (TPSA) is 63.6 Å². The number of ketones is 1. The third-order valence-electron chi connectivity index (χ3n) is 3.26. The van der Waals surface area contributed by atoms with Crippen molar-refractivity contribution in [1.82, 2.24) is 0 Å². The van der Waals surface area contributed by atoms with Crippen molar-refractivity contribution in [2.24, 2.45) is 4.40 Å². The van der Waals surface area contributed by atoms with Crippen LogP contribution < -0.4 is 0 Å². The lowest BCUT2D eigenvalue weighted by Crippen LogP contribution is -2.16. The van der Waals surface area contributed by atoms with Crippen molar-refractivity contribution < 1.29 is 13.2 Å². The molecule has 0 bridgehead atoms. The molecule has 0 heterocycles. The summed E-state index contributed by atoms with van der Waals surface area (Å²) in [5.41, 5.74) is 0.879. The van der Waals surface area contributed by atoms with Crippen molar-refractivity contribution in [3.8, 4) is 0 Å². The lowest BCUT2D eigenvalue weighted by atomic mass is 9.94. The van der Waals surface area contributed by atoms with Crippen LogP contribution in [-0.2, 0) is 10.0 Å². The number of hydrogen-bond donors (Lipinski definition) is 0. The summed E-state index contributed by atoms with van der Waals surface area (Å²) in [5, 5.41) is 0.349. The van der Waals surface area contributed by atoms with Crippen LogP contribution in [-0.4, -0.2) is 19.9 Å². The van der Waals surface area contributed by atoms with Crippen molar-refractivity contribution in [1.29, 1.82) is 0 Å². The summed E-state index contributed by atoms with van der Waals surface area (Å²) >= 11 is 11.7. The third-order valence-corrected chi connectivity index (χ3v) is 5.10. The fourth-order valence-corrected chi connectivity index (χ4v) is 3.49. The Bertz CT molecular complexity index is 961. The molecule has 0 atom stereocenters. The lowest BCUT2D eigenvalue weighted by molar-refractivity contribution is 0.104. The van der Waals surface area contributed by atoms with E-state index in [4.69, 9.17) is 23.2 Å². The van der Waals surface area contributed by atoms with E-state index in [1.54, 1.807) is 24.3 Å². The van der Waals surface area contributed by atoms with Crippen LogP contribution in [0.25, 0.3) is 0 Å². The predicted molar refractivity (Wildman–Crippen MR) is 89.9 cm³/mol. The van der Waals surface area contributed by atoms with Crippen molar-refractivity contribution in [2.75, 3.05) is 0 Å². The number of fused-ring (bicyclic) bond motifs is 1. The van der Waals surface area contributed by atoms with Gasteiger partial charge in [0, 0.05) is 16.1 Å². The molecule has 3 rings (SSSR count). The monoisotopic (exact) mass is 365 g/mol. The average Bonchev–Trinajstić information content (AvgIpc) is 2.52. The number of carbonyl (C=O) groups excluding carboxylic acids is 1. The van der Waals surface area contributed by atoms with Crippen molar-refractivity contribution in [3.63, 3.8) is 0 Å². The summed E-state index contributed by atoms with van der Waals surface area (Å²) in [6.07, 6.45) is 1.26. The SMILES string of the molecule is O=C1C(Cl)=C/C(=N/S(=O)(=O)c2ccc(Cl)cc2)c2ccccc21. The molecular weight excluding hydrogens is 357 g/mol. The van der Waals surface area contributed by atoms with Crippen LogP contribution in [0.3, 0.4) is 0 Å². The molecule has 4 nitrogen and oxygen atoms in total. The number of rotatable bonds is 2. The van der Waals surface area contributed by atoms with Gasteiger partial charge in [-0.2, -0.15) is 12.8 Å². The van der Waals surface area contributed by atoms with Crippen LogP contribution in [0.15, 0.2) is 68.9 Å². The van der Waals surface area contributed by atoms with Gasteiger partial charge in [-0.05, 0) is 30.3 Å². The maximum absolute atomic E-state index is 12.4. The molecule has 0 saturated carbocycles. The Balaban J connectivity index is 2.15. The number of sulfonamides is 1. The molecule has 0 radical (unpaired) electrons. The van der Waals surface area contributed by atoms with Crippen LogP contribution in [0, 0.1) is 0 Å². The highest BCUT2D eigenvalue weighted by molar-refractivity contribution is 7.90. The molecule has 1 aliphatic carbocycles. The van der Waals surface area contributed by atoms with E-state index in [9.17, 15) is 13.2 Å². The summed E-state index contributed by atoms with van der Waals surface area (Å²) < 4.78 is 28.7. The highest BCUT2D eigenvalue weighted by Crippen LogP contribution is 2.25. The van der Waals surface area contributed by atoms with Crippen LogP contribution >= 0.6 is 23.2 Å². The second-order valence-corrected chi connectivity index (χ2v) is 7.22. The summed E-state index contributed by atoms with van der Waals surface area (Å²) in [6.45, 7) is 0. The fourth-order valence-electron chi connectivity index (χ4n) is 2.16. The highest BCUT2D eigenvalue weighted by atomic mass is 35.5. The molecule has 0 aromatic heterocycles. The molecule has 2 aromatic carbocycles. The molecule has 23 heavy (non-hydrogen) atoms. The van der Waals surface area contributed by atoms with E-state index >= 15 is 0 Å². The van der Waals surface area contributed by atoms with Crippen molar-refractivity contribution in [2.45, 2.75) is 4.90 Å². The molecule has 0 unspecified atom stereocenters. The van der Waals surface area contributed by atoms with Gasteiger partial charge in [0.1, 0.15) is 0 Å². The number of Topliss-reactive ketones (excluding diaryl/α,β-unsaturated/α-hetero) is 1. The second kappa shape index (κ2) is 5.92. The van der Waals surface area contributed by atoms with E-state index in [1.807, 2.05) is 0 Å². The predicted octanol–water partition coefficient (Wildman–Crippen LogP) is 3.84. The van der Waals surface area contributed by atoms with Gasteiger partial charge in [0.15, 0.2) is 0 Å². The smallest absolute Gasteiger partial charge is 0.282 e. The standard InChI is InChI=1S/C16H9Cl2NO3S/c17-10-5-7-11(8-6-10)23(21,22)19-15-9-14(18)16(20)13-4-2-1-3-12(13)15/h1-9H/b19-15-. The van der Waals surface area contributed by atoms with E-state index < -0.39 is 10.0 Å². The average molecular weight is 366 g/mol. The van der Waals surface area contributed by atoms with Gasteiger partial charge in [-0.25, -0.2) is 0 Å².